The normalized spacial score (nSPS) is 18.0. The third kappa shape index (κ3) is 4.28. The molecule has 0 bridgehead atoms. The average molecular weight is 400 g/mol. The molecule has 0 unspecified atom stereocenters. The molecule has 1 aromatic heterocycles. The third-order valence-electron chi connectivity index (χ3n) is 4.93. The van der Waals surface area contributed by atoms with Gasteiger partial charge in [-0.25, -0.2) is 4.98 Å². The minimum Gasteiger partial charge on any atom is -0.479 e. The molecule has 154 valence electrons. The number of guanidine groups is 1. The van der Waals surface area contributed by atoms with Crippen molar-refractivity contribution in [2.45, 2.75) is 19.3 Å². The molecule has 1 saturated heterocycles. The molecule has 2 aromatic rings. The summed E-state index contributed by atoms with van der Waals surface area (Å²) in [5.74, 6) is -1.11. The zero-order valence-electron chi connectivity index (χ0n) is 16.8. The summed E-state index contributed by atoms with van der Waals surface area (Å²) in [7, 11) is 2.94. The van der Waals surface area contributed by atoms with Gasteiger partial charge in [-0.2, -0.15) is 9.37 Å². The first kappa shape index (κ1) is 20.5. The second kappa shape index (κ2) is 8.85. The minimum atomic E-state index is -0.571. The summed E-state index contributed by atoms with van der Waals surface area (Å²) in [6.07, 6.45) is 0.387. The van der Waals surface area contributed by atoms with Gasteiger partial charge in [0.15, 0.2) is 5.96 Å². The van der Waals surface area contributed by atoms with Gasteiger partial charge in [-0.3, -0.25) is 15.1 Å². The van der Waals surface area contributed by atoms with Crippen LogP contribution in [0.3, 0.4) is 0 Å². The fourth-order valence-electron chi connectivity index (χ4n) is 3.25. The lowest BCUT2D eigenvalue weighted by Gasteiger charge is -2.28. The minimum absolute atomic E-state index is 0.0321. The monoisotopic (exact) mass is 400 g/mol. The average Bonchev–Trinajstić information content (AvgIpc) is 2.80. The van der Waals surface area contributed by atoms with Crippen LogP contribution in [0, 0.1) is 11.2 Å². The number of aryl methyl sites for hydroxylation is 1. The van der Waals surface area contributed by atoms with Crippen molar-refractivity contribution in [1.82, 2.24) is 20.2 Å². The van der Waals surface area contributed by atoms with Gasteiger partial charge in [-0.15, -0.1) is 0 Å². The Morgan fingerprint density at radius 1 is 1.31 bits per heavy atom. The predicted molar refractivity (Wildman–Crippen MR) is 108 cm³/mol. The molecule has 0 saturated carbocycles. The highest BCUT2D eigenvalue weighted by molar-refractivity contribution is 5.98. The predicted octanol–water partition coefficient (Wildman–Crippen LogP) is 1.77. The number of halogens is 1. The number of amides is 1. The third-order valence-corrected chi connectivity index (χ3v) is 4.93. The highest BCUT2D eigenvalue weighted by Gasteiger charge is 2.31. The number of carbonyl (C=O) groups excluding carboxylic acids is 1. The van der Waals surface area contributed by atoms with Crippen molar-refractivity contribution in [2.24, 2.45) is 0 Å². The first-order chi connectivity index (χ1) is 14.0. The van der Waals surface area contributed by atoms with Crippen LogP contribution in [-0.4, -0.2) is 60.5 Å². The van der Waals surface area contributed by atoms with Gasteiger partial charge < -0.3 is 15.0 Å². The lowest BCUT2D eigenvalue weighted by atomic mass is 9.97. The molecule has 8 nitrogen and oxygen atoms in total. The number of rotatable bonds is 4. The number of nitrogens with zero attached hydrogens (tertiary/aromatic N) is 4. The number of likely N-dealkylation sites (N-methyl/N-ethyl adjacent to an activating group) is 1. The molecule has 0 radical (unpaired) electrons. The van der Waals surface area contributed by atoms with E-state index in [0.29, 0.717) is 32.0 Å². The van der Waals surface area contributed by atoms with Crippen molar-refractivity contribution in [3.8, 4) is 5.88 Å². The summed E-state index contributed by atoms with van der Waals surface area (Å²) < 4.78 is 19.5. The molecule has 0 aliphatic carbocycles. The van der Waals surface area contributed by atoms with E-state index in [1.807, 2.05) is 35.2 Å². The van der Waals surface area contributed by atoms with E-state index < -0.39 is 11.7 Å². The summed E-state index contributed by atoms with van der Waals surface area (Å²) >= 11 is 0. The smallest absolute Gasteiger partial charge is 0.255 e. The lowest BCUT2D eigenvalue weighted by Crippen LogP contribution is -2.43. The molecule has 29 heavy (non-hydrogen) atoms. The lowest BCUT2D eigenvalue weighted by molar-refractivity contribution is -0.127. The summed E-state index contributed by atoms with van der Waals surface area (Å²) in [5.41, 5.74) is 1.08. The molecule has 1 aliphatic rings. The summed E-state index contributed by atoms with van der Waals surface area (Å²) in [6, 6.07) is 9.39. The fraction of sp³-hybridized carbons (Fsp3) is 0.400. The van der Waals surface area contributed by atoms with Crippen LogP contribution in [0.25, 0.3) is 0 Å². The van der Waals surface area contributed by atoms with Gasteiger partial charge in [0.05, 0.1) is 18.7 Å². The van der Waals surface area contributed by atoms with Crippen molar-refractivity contribution < 1.29 is 13.9 Å². The van der Waals surface area contributed by atoms with Crippen molar-refractivity contribution in [3.05, 3.63) is 47.4 Å². The van der Waals surface area contributed by atoms with Crippen LogP contribution >= 0.6 is 0 Å². The first-order valence-corrected chi connectivity index (χ1v) is 9.46. The Morgan fingerprint density at radius 3 is 2.69 bits per heavy atom. The Balaban J connectivity index is 2.04. The van der Waals surface area contributed by atoms with Gasteiger partial charge in [0, 0.05) is 26.7 Å². The molecule has 2 heterocycles. The van der Waals surface area contributed by atoms with E-state index in [2.05, 4.69) is 15.3 Å². The van der Waals surface area contributed by atoms with Crippen LogP contribution < -0.4 is 15.0 Å². The van der Waals surface area contributed by atoms with Gasteiger partial charge in [-0.1, -0.05) is 37.3 Å². The van der Waals surface area contributed by atoms with E-state index in [0.717, 1.165) is 5.56 Å². The SMILES string of the molecule is CCc1nc(N2CCNC(=N)N(C)C(=O)[C@@H](c3ccccc3)C2)nc(OC)c1F. The number of anilines is 1. The van der Waals surface area contributed by atoms with Crippen molar-refractivity contribution in [3.63, 3.8) is 0 Å². The van der Waals surface area contributed by atoms with Crippen molar-refractivity contribution in [2.75, 3.05) is 38.7 Å². The Bertz CT molecular complexity index is 867. The fourth-order valence-corrected chi connectivity index (χ4v) is 3.25. The Labute approximate surface area is 169 Å². The molecule has 2 N–H and O–H groups in total. The van der Waals surface area contributed by atoms with Gasteiger partial charge in [-0.05, 0) is 12.0 Å². The van der Waals surface area contributed by atoms with Crippen molar-refractivity contribution in [1.29, 1.82) is 5.41 Å². The molecular formula is C20H25FN6O2. The topological polar surface area (TPSA) is 94.4 Å². The van der Waals surface area contributed by atoms with Gasteiger partial charge >= 0.3 is 0 Å². The first-order valence-electron chi connectivity index (χ1n) is 9.46. The molecule has 1 aliphatic heterocycles. The number of methoxy groups -OCH3 is 1. The Hall–Kier alpha value is -3.23. The van der Waals surface area contributed by atoms with Gasteiger partial charge in [0.1, 0.15) is 0 Å². The number of hydrogen-bond acceptors (Lipinski definition) is 6. The van der Waals surface area contributed by atoms with E-state index in [-0.39, 0.29) is 23.4 Å². The highest BCUT2D eigenvalue weighted by Crippen LogP contribution is 2.25. The maximum absolute atomic E-state index is 14.4. The Kier molecular flexibility index (Phi) is 6.26. The van der Waals surface area contributed by atoms with Crippen LogP contribution in [0.5, 0.6) is 5.88 Å². The molecule has 1 fully saturated rings. The number of nitrogens with one attached hydrogen (secondary N) is 2. The molecule has 1 aromatic carbocycles. The summed E-state index contributed by atoms with van der Waals surface area (Å²) in [5, 5.41) is 11.0. The van der Waals surface area contributed by atoms with Crippen molar-refractivity contribution >= 4 is 17.8 Å². The second-order valence-corrected chi connectivity index (χ2v) is 6.73. The second-order valence-electron chi connectivity index (χ2n) is 6.73. The maximum Gasteiger partial charge on any atom is 0.255 e. The summed E-state index contributed by atoms with van der Waals surface area (Å²) in [4.78, 5) is 24.9. The summed E-state index contributed by atoms with van der Waals surface area (Å²) in [6.45, 7) is 2.94. The zero-order valence-corrected chi connectivity index (χ0v) is 16.8. The van der Waals surface area contributed by atoms with E-state index in [4.69, 9.17) is 10.1 Å². The van der Waals surface area contributed by atoms with Crippen LogP contribution in [0.15, 0.2) is 30.3 Å². The number of hydrogen-bond donors (Lipinski definition) is 2. The van der Waals surface area contributed by atoms with E-state index in [1.54, 1.807) is 14.0 Å². The molecule has 0 spiro atoms. The van der Waals surface area contributed by atoms with E-state index in [9.17, 15) is 9.18 Å². The number of carbonyl (C=O) groups is 1. The van der Waals surface area contributed by atoms with Gasteiger partial charge in [0.2, 0.25) is 17.7 Å². The van der Waals surface area contributed by atoms with Gasteiger partial charge in [0.25, 0.3) is 5.88 Å². The maximum atomic E-state index is 14.4. The quantitative estimate of drug-likeness (QED) is 0.812. The number of aromatic nitrogens is 2. The van der Waals surface area contributed by atoms with E-state index in [1.165, 1.54) is 12.0 Å². The molecule has 1 amide bonds. The molecule has 3 rings (SSSR count). The molecule has 1 atom stereocenters. The van der Waals surface area contributed by atoms with Crippen LogP contribution in [0.4, 0.5) is 10.3 Å². The number of benzene rings is 1. The largest absolute Gasteiger partial charge is 0.479 e. The van der Waals surface area contributed by atoms with Crippen LogP contribution in [0.1, 0.15) is 24.1 Å². The molecular weight excluding hydrogens is 375 g/mol. The zero-order chi connectivity index (χ0) is 21.0. The number of ether oxygens (including phenoxy) is 1. The standard InChI is InChI=1S/C20H25FN6O2/c1-4-15-16(21)17(29-3)25-20(24-15)27-11-10-23-19(22)26(2)18(28)14(12-27)13-8-6-5-7-9-13/h5-9,14H,4,10-12H2,1-3H3,(H2,22,23)/t14-/m1/s1. The van der Waals surface area contributed by atoms with Crippen LogP contribution in [0.2, 0.25) is 0 Å². The Morgan fingerprint density at radius 2 is 2.03 bits per heavy atom. The molecule has 9 heteroatoms. The highest BCUT2D eigenvalue weighted by atomic mass is 19.1. The van der Waals surface area contributed by atoms with Crippen LogP contribution in [-0.2, 0) is 11.2 Å². The van der Waals surface area contributed by atoms with E-state index >= 15 is 0 Å².